The van der Waals surface area contributed by atoms with Crippen molar-refractivity contribution in [3.8, 4) is 11.3 Å². The third-order valence-electron chi connectivity index (χ3n) is 4.13. The van der Waals surface area contributed by atoms with Crippen LogP contribution in [0.25, 0.3) is 17.4 Å². The summed E-state index contributed by atoms with van der Waals surface area (Å²) in [5.74, 6) is 0.509. The van der Waals surface area contributed by atoms with Gasteiger partial charge in [0.05, 0.1) is 16.0 Å². The Morgan fingerprint density at radius 3 is 2.71 bits per heavy atom. The first kappa shape index (κ1) is 20.6. The van der Waals surface area contributed by atoms with Gasteiger partial charge in [0.2, 0.25) is 0 Å². The number of nitro groups is 1. The van der Waals surface area contributed by atoms with E-state index in [1.165, 1.54) is 12.1 Å². The molecule has 1 fully saturated rings. The summed E-state index contributed by atoms with van der Waals surface area (Å²) in [6.45, 7) is 0. The smallest absolute Gasteiger partial charge is 0.288 e. The summed E-state index contributed by atoms with van der Waals surface area (Å²) in [5.41, 5.74) is 1.18. The number of nitro benzene ring substituents is 1. The second kappa shape index (κ2) is 8.99. The van der Waals surface area contributed by atoms with Crippen molar-refractivity contribution < 1.29 is 14.1 Å². The lowest BCUT2D eigenvalue weighted by Crippen LogP contribution is -2.19. The van der Waals surface area contributed by atoms with E-state index in [1.54, 1.807) is 30.5 Å². The van der Waals surface area contributed by atoms with E-state index in [0.717, 1.165) is 17.3 Å². The van der Waals surface area contributed by atoms with E-state index in [4.69, 9.17) is 16.0 Å². The first-order chi connectivity index (χ1) is 15.0. The SMILES string of the molecule is O=C1N/C(=N\N=Cc2ccccc2)SC1=Cc1ccc(-c2ccc(Cl)c([N+](=O)[O-])c2)o1. The van der Waals surface area contributed by atoms with Crippen LogP contribution in [0.15, 0.2) is 80.2 Å². The number of hydrogen-bond acceptors (Lipinski definition) is 7. The number of furan rings is 1. The number of halogens is 1. The highest BCUT2D eigenvalue weighted by Gasteiger charge is 2.24. The van der Waals surface area contributed by atoms with Gasteiger partial charge in [0.25, 0.3) is 11.6 Å². The molecule has 154 valence electrons. The highest BCUT2D eigenvalue weighted by atomic mass is 35.5. The molecule has 0 radical (unpaired) electrons. The molecule has 1 amide bonds. The monoisotopic (exact) mass is 452 g/mol. The van der Waals surface area contributed by atoms with Crippen molar-refractivity contribution in [1.82, 2.24) is 5.32 Å². The summed E-state index contributed by atoms with van der Waals surface area (Å²) in [6, 6.07) is 17.2. The first-order valence-corrected chi connectivity index (χ1v) is 10.1. The zero-order valence-corrected chi connectivity index (χ0v) is 17.3. The standard InChI is InChI=1S/C21H13ClN4O4S/c22-16-8-6-14(10-17(16)26(28)29)18-9-7-15(30-18)11-19-20(27)24-21(31-19)25-23-12-13-4-2-1-3-5-13/h1-12H,(H,24,25,27). The van der Waals surface area contributed by atoms with Crippen LogP contribution in [0.3, 0.4) is 0 Å². The summed E-state index contributed by atoms with van der Waals surface area (Å²) in [7, 11) is 0. The number of hydrogen-bond donors (Lipinski definition) is 1. The van der Waals surface area contributed by atoms with Gasteiger partial charge in [-0.05, 0) is 41.6 Å². The molecule has 0 bridgehead atoms. The van der Waals surface area contributed by atoms with Crippen molar-refractivity contribution >= 4 is 52.4 Å². The average Bonchev–Trinajstić information content (AvgIpc) is 3.36. The Labute approximate surface area is 185 Å². The van der Waals surface area contributed by atoms with Crippen LogP contribution < -0.4 is 5.32 Å². The molecule has 1 aliphatic rings. The lowest BCUT2D eigenvalue weighted by Gasteiger charge is -1.99. The molecular formula is C21H13ClN4O4S. The second-order valence-corrected chi connectivity index (χ2v) is 7.69. The fourth-order valence-electron chi connectivity index (χ4n) is 2.68. The Balaban J connectivity index is 1.50. The van der Waals surface area contributed by atoms with Crippen molar-refractivity contribution in [3.63, 3.8) is 0 Å². The molecule has 1 N–H and O–H groups in total. The van der Waals surface area contributed by atoms with Crippen molar-refractivity contribution in [3.05, 3.63) is 92.0 Å². The molecule has 2 aromatic carbocycles. The van der Waals surface area contributed by atoms with E-state index < -0.39 is 4.92 Å². The van der Waals surface area contributed by atoms with Gasteiger partial charge in [0.1, 0.15) is 16.5 Å². The van der Waals surface area contributed by atoms with Gasteiger partial charge < -0.3 is 4.42 Å². The van der Waals surface area contributed by atoms with E-state index in [9.17, 15) is 14.9 Å². The number of benzene rings is 2. The lowest BCUT2D eigenvalue weighted by molar-refractivity contribution is -0.384. The number of rotatable bonds is 5. The quantitative estimate of drug-likeness (QED) is 0.250. The van der Waals surface area contributed by atoms with Gasteiger partial charge in [-0.3, -0.25) is 20.2 Å². The van der Waals surface area contributed by atoms with Crippen LogP contribution >= 0.6 is 23.4 Å². The fourth-order valence-corrected chi connectivity index (χ4v) is 3.63. The van der Waals surface area contributed by atoms with Crippen LogP contribution in [-0.2, 0) is 4.79 Å². The number of thioether (sulfide) groups is 1. The van der Waals surface area contributed by atoms with Gasteiger partial charge in [0.15, 0.2) is 5.17 Å². The van der Waals surface area contributed by atoms with Gasteiger partial charge in [-0.15, -0.1) is 5.10 Å². The van der Waals surface area contributed by atoms with Crippen LogP contribution in [0.5, 0.6) is 0 Å². The minimum atomic E-state index is -0.557. The zero-order chi connectivity index (χ0) is 21.8. The predicted molar refractivity (Wildman–Crippen MR) is 121 cm³/mol. The number of carbonyl (C=O) groups is 1. The first-order valence-electron chi connectivity index (χ1n) is 8.91. The summed E-state index contributed by atoms with van der Waals surface area (Å²) < 4.78 is 5.72. The summed E-state index contributed by atoms with van der Waals surface area (Å²) in [5, 5.41) is 22.1. The van der Waals surface area contributed by atoms with Crippen molar-refractivity contribution in [2.75, 3.05) is 0 Å². The molecule has 1 saturated heterocycles. The van der Waals surface area contributed by atoms with Crippen molar-refractivity contribution in [2.45, 2.75) is 0 Å². The number of amidine groups is 1. The van der Waals surface area contributed by atoms with E-state index in [1.807, 2.05) is 30.3 Å². The molecule has 4 rings (SSSR count). The lowest BCUT2D eigenvalue weighted by atomic mass is 10.1. The fraction of sp³-hybridized carbons (Fsp3) is 0. The molecule has 0 atom stereocenters. The molecule has 0 unspecified atom stereocenters. The van der Waals surface area contributed by atoms with Crippen LogP contribution in [0, 0.1) is 10.1 Å². The van der Waals surface area contributed by atoms with E-state index >= 15 is 0 Å². The molecule has 2 heterocycles. The van der Waals surface area contributed by atoms with Crippen molar-refractivity contribution in [1.29, 1.82) is 0 Å². The Hall–Kier alpha value is -3.69. The number of carbonyl (C=O) groups excluding carboxylic acids is 1. The predicted octanol–water partition coefficient (Wildman–Crippen LogP) is 5.10. The molecule has 10 heteroatoms. The van der Waals surface area contributed by atoms with Gasteiger partial charge in [-0.2, -0.15) is 5.10 Å². The van der Waals surface area contributed by atoms with Crippen LogP contribution in [0.2, 0.25) is 5.02 Å². The van der Waals surface area contributed by atoms with Gasteiger partial charge in [-0.25, -0.2) is 0 Å². The largest absolute Gasteiger partial charge is 0.457 e. The van der Waals surface area contributed by atoms with Crippen LogP contribution in [0.1, 0.15) is 11.3 Å². The van der Waals surface area contributed by atoms with Crippen LogP contribution in [-0.4, -0.2) is 22.2 Å². The Morgan fingerprint density at radius 2 is 1.94 bits per heavy atom. The highest BCUT2D eigenvalue weighted by Crippen LogP contribution is 2.32. The number of nitrogens with zero attached hydrogens (tertiary/aromatic N) is 3. The summed E-state index contributed by atoms with van der Waals surface area (Å²) in [4.78, 5) is 23.1. The number of nitrogens with one attached hydrogen (secondary N) is 1. The molecule has 0 aliphatic carbocycles. The molecule has 0 spiro atoms. The second-order valence-electron chi connectivity index (χ2n) is 6.25. The molecule has 3 aromatic rings. The minimum absolute atomic E-state index is 0.0448. The Kier molecular flexibility index (Phi) is 5.96. The van der Waals surface area contributed by atoms with E-state index in [2.05, 4.69) is 15.5 Å². The Morgan fingerprint density at radius 1 is 1.13 bits per heavy atom. The third-order valence-corrected chi connectivity index (χ3v) is 5.35. The summed E-state index contributed by atoms with van der Waals surface area (Å²) >= 11 is 6.98. The average molecular weight is 453 g/mol. The number of amides is 1. The molecule has 31 heavy (non-hydrogen) atoms. The van der Waals surface area contributed by atoms with Gasteiger partial charge in [0, 0.05) is 17.7 Å². The maximum atomic E-state index is 12.2. The van der Waals surface area contributed by atoms with Crippen molar-refractivity contribution in [2.24, 2.45) is 10.2 Å². The highest BCUT2D eigenvalue weighted by molar-refractivity contribution is 8.18. The molecule has 0 saturated carbocycles. The molecule has 1 aliphatic heterocycles. The van der Waals surface area contributed by atoms with Gasteiger partial charge >= 0.3 is 0 Å². The Bertz CT molecular complexity index is 1250. The molecular weight excluding hydrogens is 440 g/mol. The normalized spacial score (nSPS) is 16.4. The maximum absolute atomic E-state index is 12.2. The third kappa shape index (κ3) is 4.90. The maximum Gasteiger partial charge on any atom is 0.288 e. The molecule has 8 nitrogen and oxygen atoms in total. The van der Waals surface area contributed by atoms with E-state index in [0.29, 0.717) is 27.2 Å². The van der Waals surface area contributed by atoms with E-state index in [-0.39, 0.29) is 16.6 Å². The molecule has 1 aromatic heterocycles. The summed E-state index contributed by atoms with van der Waals surface area (Å²) in [6.07, 6.45) is 3.16. The van der Waals surface area contributed by atoms with Crippen LogP contribution in [0.4, 0.5) is 5.69 Å². The topological polar surface area (TPSA) is 110 Å². The zero-order valence-electron chi connectivity index (χ0n) is 15.7. The van der Waals surface area contributed by atoms with Gasteiger partial charge in [-0.1, -0.05) is 41.9 Å². The minimum Gasteiger partial charge on any atom is -0.457 e.